The maximum Gasteiger partial charge on any atom is 0.254 e. The molecule has 4 heteroatoms. The van der Waals surface area contributed by atoms with Crippen LogP contribution in [0, 0.1) is 6.92 Å². The van der Waals surface area contributed by atoms with E-state index in [1.807, 2.05) is 49.3 Å². The third-order valence-corrected chi connectivity index (χ3v) is 4.00. The van der Waals surface area contributed by atoms with E-state index >= 15 is 0 Å². The quantitative estimate of drug-likeness (QED) is 0.851. The van der Waals surface area contributed by atoms with E-state index in [1.165, 1.54) is 5.56 Å². The van der Waals surface area contributed by atoms with Crippen LogP contribution < -0.4 is 5.73 Å². The number of nitrogens with zero attached hydrogens (tertiary/aromatic N) is 2. The molecule has 2 rings (SSSR count). The number of hydrogen-bond acceptors (Lipinski definition) is 3. The van der Waals surface area contributed by atoms with Gasteiger partial charge in [0.15, 0.2) is 0 Å². The third-order valence-electron chi connectivity index (χ3n) is 4.00. The molecule has 0 aromatic heterocycles. The van der Waals surface area contributed by atoms with Gasteiger partial charge in [0.05, 0.1) is 0 Å². The van der Waals surface area contributed by atoms with Crippen LogP contribution in [0.4, 0.5) is 0 Å². The molecule has 0 fully saturated rings. The number of carbonyl (C=O) groups is 1. The highest BCUT2D eigenvalue weighted by atomic mass is 16.2. The average Bonchev–Trinajstić information content (AvgIpc) is 2.58. The maximum absolute atomic E-state index is 12.9. The summed E-state index contributed by atoms with van der Waals surface area (Å²) in [6.45, 7) is 4.70. The average molecular weight is 325 g/mol. The molecule has 0 spiro atoms. The van der Waals surface area contributed by atoms with Crippen molar-refractivity contribution >= 4 is 5.91 Å². The van der Waals surface area contributed by atoms with Crippen LogP contribution in [-0.4, -0.2) is 42.9 Å². The largest absolute Gasteiger partial charge is 0.333 e. The van der Waals surface area contributed by atoms with Crippen molar-refractivity contribution in [1.82, 2.24) is 9.80 Å². The summed E-state index contributed by atoms with van der Waals surface area (Å²) in [6.07, 6.45) is 0. The van der Waals surface area contributed by atoms with Crippen molar-refractivity contribution < 1.29 is 4.79 Å². The van der Waals surface area contributed by atoms with Gasteiger partial charge in [0.25, 0.3) is 5.91 Å². The van der Waals surface area contributed by atoms with Crippen molar-refractivity contribution in [2.45, 2.75) is 20.0 Å². The Bertz CT molecular complexity index is 665. The number of rotatable bonds is 7. The Labute approximate surface area is 144 Å². The van der Waals surface area contributed by atoms with Crippen LogP contribution in [0.25, 0.3) is 0 Å². The normalized spacial score (nSPS) is 10.9. The summed E-state index contributed by atoms with van der Waals surface area (Å²) < 4.78 is 0. The van der Waals surface area contributed by atoms with Crippen LogP contribution in [0.5, 0.6) is 0 Å². The number of likely N-dealkylation sites (N-methyl/N-ethyl adjacent to an activating group) is 1. The van der Waals surface area contributed by atoms with Crippen molar-refractivity contribution in [1.29, 1.82) is 0 Å². The Hall–Kier alpha value is -2.17. The topological polar surface area (TPSA) is 49.6 Å². The molecular formula is C20H27N3O. The molecule has 0 atom stereocenters. The Balaban J connectivity index is 2.18. The van der Waals surface area contributed by atoms with E-state index in [2.05, 4.69) is 30.0 Å². The van der Waals surface area contributed by atoms with E-state index in [0.717, 1.165) is 17.7 Å². The van der Waals surface area contributed by atoms with Gasteiger partial charge in [-0.2, -0.15) is 0 Å². The molecule has 0 aliphatic heterocycles. The molecule has 0 aliphatic carbocycles. The lowest BCUT2D eigenvalue weighted by molar-refractivity contribution is 0.0732. The summed E-state index contributed by atoms with van der Waals surface area (Å²) in [6, 6.07) is 15.9. The maximum atomic E-state index is 12.9. The van der Waals surface area contributed by atoms with E-state index in [0.29, 0.717) is 25.2 Å². The molecule has 2 N–H and O–H groups in total. The van der Waals surface area contributed by atoms with Gasteiger partial charge >= 0.3 is 0 Å². The first-order valence-electron chi connectivity index (χ1n) is 8.28. The van der Waals surface area contributed by atoms with Crippen molar-refractivity contribution in [3.63, 3.8) is 0 Å². The van der Waals surface area contributed by atoms with E-state index in [4.69, 9.17) is 5.73 Å². The van der Waals surface area contributed by atoms with Gasteiger partial charge in [-0.15, -0.1) is 0 Å². The van der Waals surface area contributed by atoms with Crippen molar-refractivity contribution in [3.05, 3.63) is 70.8 Å². The zero-order valence-corrected chi connectivity index (χ0v) is 14.8. The van der Waals surface area contributed by atoms with Crippen molar-refractivity contribution in [2.24, 2.45) is 5.73 Å². The summed E-state index contributed by atoms with van der Waals surface area (Å²) in [5, 5.41) is 0. The van der Waals surface area contributed by atoms with E-state index in [-0.39, 0.29) is 5.91 Å². The molecule has 0 radical (unpaired) electrons. The fourth-order valence-electron chi connectivity index (χ4n) is 2.57. The Morgan fingerprint density at radius 2 is 1.71 bits per heavy atom. The minimum atomic E-state index is 0.0573. The fourth-order valence-corrected chi connectivity index (χ4v) is 2.57. The number of carbonyl (C=O) groups excluding carboxylic acids is 1. The molecule has 0 heterocycles. The van der Waals surface area contributed by atoms with Crippen LogP contribution >= 0.6 is 0 Å². The lowest BCUT2D eigenvalue weighted by atomic mass is 10.1. The van der Waals surface area contributed by atoms with Crippen LogP contribution in [-0.2, 0) is 13.1 Å². The molecule has 2 aromatic rings. The SMILES string of the molecule is Cc1cccc(CN(CCN(C)C)C(=O)c2ccc(CN)cc2)c1. The third kappa shape index (κ3) is 5.18. The van der Waals surface area contributed by atoms with Gasteiger partial charge in [0.2, 0.25) is 0 Å². The molecule has 1 amide bonds. The summed E-state index contributed by atoms with van der Waals surface area (Å²) >= 11 is 0. The summed E-state index contributed by atoms with van der Waals surface area (Å²) in [5.74, 6) is 0.0573. The second-order valence-electron chi connectivity index (χ2n) is 6.42. The fraction of sp³-hybridized carbons (Fsp3) is 0.350. The summed E-state index contributed by atoms with van der Waals surface area (Å²) in [4.78, 5) is 16.9. The number of amides is 1. The number of benzene rings is 2. The first kappa shape index (κ1) is 18.2. The van der Waals surface area contributed by atoms with Gasteiger partial charge in [-0.3, -0.25) is 4.79 Å². The molecule has 0 unspecified atom stereocenters. The zero-order valence-electron chi connectivity index (χ0n) is 14.8. The van der Waals surface area contributed by atoms with Gasteiger partial charge in [-0.25, -0.2) is 0 Å². The first-order valence-corrected chi connectivity index (χ1v) is 8.28. The molecule has 128 valence electrons. The minimum absolute atomic E-state index is 0.0573. The molecule has 0 bridgehead atoms. The Kier molecular flexibility index (Phi) is 6.53. The second kappa shape index (κ2) is 8.62. The van der Waals surface area contributed by atoms with Crippen molar-refractivity contribution in [3.8, 4) is 0 Å². The van der Waals surface area contributed by atoms with Crippen LogP contribution in [0.15, 0.2) is 48.5 Å². The first-order chi connectivity index (χ1) is 11.5. The lowest BCUT2D eigenvalue weighted by Gasteiger charge is -2.25. The van der Waals surface area contributed by atoms with Gasteiger partial charge < -0.3 is 15.5 Å². The highest BCUT2D eigenvalue weighted by Gasteiger charge is 2.16. The molecular weight excluding hydrogens is 298 g/mol. The van der Waals surface area contributed by atoms with Crippen LogP contribution in [0.2, 0.25) is 0 Å². The Morgan fingerprint density at radius 1 is 1.00 bits per heavy atom. The molecule has 24 heavy (non-hydrogen) atoms. The molecule has 0 saturated heterocycles. The predicted molar refractivity (Wildman–Crippen MR) is 98.8 cm³/mol. The number of aryl methyl sites for hydroxylation is 1. The number of hydrogen-bond donors (Lipinski definition) is 1. The molecule has 0 saturated carbocycles. The highest BCUT2D eigenvalue weighted by molar-refractivity contribution is 5.94. The van der Waals surface area contributed by atoms with Gasteiger partial charge in [0.1, 0.15) is 0 Å². The van der Waals surface area contributed by atoms with E-state index < -0.39 is 0 Å². The van der Waals surface area contributed by atoms with Gasteiger partial charge in [-0.1, -0.05) is 42.0 Å². The predicted octanol–water partition coefficient (Wildman–Crippen LogP) is 2.66. The highest BCUT2D eigenvalue weighted by Crippen LogP contribution is 2.13. The van der Waals surface area contributed by atoms with E-state index in [9.17, 15) is 4.79 Å². The standard InChI is InChI=1S/C20H27N3O/c1-16-5-4-6-18(13-16)15-23(12-11-22(2)3)20(24)19-9-7-17(14-21)8-10-19/h4-10,13H,11-12,14-15,21H2,1-3H3. The molecule has 4 nitrogen and oxygen atoms in total. The van der Waals surface area contributed by atoms with Crippen molar-refractivity contribution in [2.75, 3.05) is 27.2 Å². The number of nitrogens with two attached hydrogens (primary N) is 1. The van der Waals surface area contributed by atoms with Gasteiger partial charge in [0, 0.05) is 31.7 Å². The van der Waals surface area contributed by atoms with E-state index in [1.54, 1.807) is 0 Å². The zero-order chi connectivity index (χ0) is 17.5. The smallest absolute Gasteiger partial charge is 0.254 e. The monoisotopic (exact) mass is 325 g/mol. The summed E-state index contributed by atoms with van der Waals surface area (Å²) in [7, 11) is 4.04. The lowest BCUT2D eigenvalue weighted by Crippen LogP contribution is -2.36. The van der Waals surface area contributed by atoms with Crippen LogP contribution in [0.1, 0.15) is 27.0 Å². The Morgan fingerprint density at radius 3 is 2.29 bits per heavy atom. The molecule has 2 aromatic carbocycles. The molecule has 0 aliphatic rings. The second-order valence-corrected chi connectivity index (χ2v) is 6.42. The van der Waals surface area contributed by atoms with Gasteiger partial charge in [-0.05, 0) is 44.3 Å². The summed E-state index contributed by atoms with van der Waals surface area (Å²) in [5.41, 5.74) is 9.73. The van der Waals surface area contributed by atoms with Crippen LogP contribution in [0.3, 0.4) is 0 Å². The minimum Gasteiger partial charge on any atom is -0.333 e.